The number of amides is 2. The average molecular weight is 241 g/mol. The van der Waals surface area contributed by atoms with Crippen molar-refractivity contribution >= 4 is 17.6 Å². The van der Waals surface area contributed by atoms with Crippen LogP contribution < -0.4 is 5.73 Å². The van der Waals surface area contributed by atoms with Crippen LogP contribution in [0.5, 0.6) is 0 Å². The number of carbonyl (C=O) groups is 1. The van der Waals surface area contributed by atoms with Gasteiger partial charge >= 0.3 is 6.03 Å². The number of primary amides is 1. The number of rotatable bonds is 3. The Hall–Kier alpha value is -1.26. The number of nitrogens with zero attached hydrogens (tertiary/aromatic N) is 1. The van der Waals surface area contributed by atoms with Crippen LogP contribution in [0.15, 0.2) is 24.3 Å². The number of hydrogen-bond donors (Lipinski definition) is 2. The summed E-state index contributed by atoms with van der Waals surface area (Å²) in [4.78, 5) is 10.6. The molecule has 16 heavy (non-hydrogen) atoms. The molecule has 0 aromatic heterocycles. The molecule has 0 radical (unpaired) electrons. The molecule has 86 valence electrons. The van der Waals surface area contributed by atoms with Crippen LogP contribution in [0.1, 0.15) is 17.9 Å². The van der Waals surface area contributed by atoms with Crippen LogP contribution in [0, 0.1) is 5.92 Å². The van der Waals surface area contributed by atoms with E-state index in [1.165, 1.54) is 0 Å². The summed E-state index contributed by atoms with van der Waals surface area (Å²) in [7, 11) is 0. The fourth-order valence-corrected chi connectivity index (χ4v) is 2.11. The van der Waals surface area contributed by atoms with E-state index in [1.54, 1.807) is 0 Å². The first kappa shape index (κ1) is 11.2. The SMILES string of the molecule is NC(=O)N(O)C[C@@H]1C[C@H]1c1cccc(Cl)c1. The van der Waals surface area contributed by atoms with Gasteiger partial charge in [-0.2, -0.15) is 0 Å². The molecular formula is C11H13ClN2O2. The summed E-state index contributed by atoms with van der Waals surface area (Å²) in [6.45, 7) is 0.284. The van der Waals surface area contributed by atoms with Crippen molar-refractivity contribution in [2.45, 2.75) is 12.3 Å². The van der Waals surface area contributed by atoms with Gasteiger partial charge < -0.3 is 5.73 Å². The van der Waals surface area contributed by atoms with Crippen molar-refractivity contribution < 1.29 is 10.0 Å². The summed E-state index contributed by atoms with van der Waals surface area (Å²) in [5, 5.41) is 10.5. The van der Waals surface area contributed by atoms with Crippen LogP contribution in [-0.2, 0) is 0 Å². The maximum atomic E-state index is 10.6. The molecule has 1 aliphatic rings. The molecule has 1 aromatic rings. The maximum Gasteiger partial charge on any atom is 0.338 e. The van der Waals surface area contributed by atoms with Crippen molar-refractivity contribution in [3.63, 3.8) is 0 Å². The van der Waals surface area contributed by atoms with Crippen LogP contribution in [0.2, 0.25) is 5.02 Å². The Balaban J connectivity index is 1.94. The van der Waals surface area contributed by atoms with E-state index in [0.29, 0.717) is 16.0 Å². The molecule has 1 saturated carbocycles. The lowest BCUT2D eigenvalue weighted by Gasteiger charge is -2.11. The van der Waals surface area contributed by atoms with Gasteiger partial charge in [0.05, 0.1) is 6.54 Å². The lowest BCUT2D eigenvalue weighted by molar-refractivity contribution is -0.0431. The number of hydroxylamine groups is 2. The number of hydrogen-bond acceptors (Lipinski definition) is 2. The van der Waals surface area contributed by atoms with E-state index in [9.17, 15) is 10.0 Å². The van der Waals surface area contributed by atoms with Crippen LogP contribution in [0.3, 0.4) is 0 Å². The van der Waals surface area contributed by atoms with Gasteiger partial charge in [-0.1, -0.05) is 23.7 Å². The van der Waals surface area contributed by atoms with Gasteiger partial charge in [-0.25, -0.2) is 9.86 Å². The van der Waals surface area contributed by atoms with Gasteiger partial charge in [0, 0.05) is 5.02 Å². The van der Waals surface area contributed by atoms with E-state index < -0.39 is 6.03 Å². The van der Waals surface area contributed by atoms with Gasteiger partial charge in [-0.3, -0.25) is 5.21 Å². The normalized spacial score (nSPS) is 22.9. The third-order valence-corrected chi connectivity index (χ3v) is 3.10. The first-order valence-corrected chi connectivity index (χ1v) is 5.47. The van der Waals surface area contributed by atoms with Gasteiger partial charge in [-0.05, 0) is 36.0 Å². The number of urea groups is 1. The molecule has 0 unspecified atom stereocenters. The summed E-state index contributed by atoms with van der Waals surface area (Å²) < 4.78 is 0. The smallest absolute Gasteiger partial charge is 0.338 e. The standard InChI is InChI=1S/C11H13ClN2O2/c12-9-3-1-2-7(4-9)10-5-8(10)6-14(16)11(13)15/h1-4,8,10,16H,5-6H2,(H2,13,15)/t8-,10-/m0/s1. The molecule has 0 heterocycles. The fraction of sp³-hybridized carbons (Fsp3) is 0.364. The van der Waals surface area contributed by atoms with E-state index in [1.807, 2.05) is 24.3 Å². The minimum absolute atomic E-state index is 0.274. The summed E-state index contributed by atoms with van der Waals surface area (Å²) in [6.07, 6.45) is 0.949. The Labute approximate surface area is 98.6 Å². The topological polar surface area (TPSA) is 66.6 Å². The molecule has 1 aromatic carbocycles. The van der Waals surface area contributed by atoms with Gasteiger partial charge in [0.1, 0.15) is 0 Å². The Morgan fingerprint density at radius 3 is 3.00 bits per heavy atom. The lowest BCUT2D eigenvalue weighted by atomic mass is 10.1. The third kappa shape index (κ3) is 2.46. The molecule has 0 aliphatic heterocycles. The maximum absolute atomic E-state index is 10.6. The van der Waals surface area contributed by atoms with Crippen LogP contribution in [0.4, 0.5) is 4.79 Å². The van der Waals surface area contributed by atoms with E-state index in [-0.39, 0.29) is 12.5 Å². The molecule has 1 aliphatic carbocycles. The zero-order valence-corrected chi connectivity index (χ0v) is 9.39. The van der Waals surface area contributed by atoms with Crippen molar-refractivity contribution in [2.75, 3.05) is 6.54 Å². The lowest BCUT2D eigenvalue weighted by Crippen LogP contribution is -2.34. The zero-order valence-electron chi connectivity index (χ0n) is 8.64. The highest BCUT2D eigenvalue weighted by molar-refractivity contribution is 6.30. The number of benzene rings is 1. The highest BCUT2D eigenvalue weighted by Gasteiger charge is 2.39. The minimum Gasteiger partial charge on any atom is -0.350 e. The van der Waals surface area contributed by atoms with E-state index >= 15 is 0 Å². The van der Waals surface area contributed by atoms with Crippen LogP contribution in [-0.4, -0.2) is 22.8 Å². The molecule has 2 amide bonds. The van der Waals surface area contributed by atoms with Crippen molar-refractivity contribution in [1.29, 1.82) is 0 Å². The molecule has 4 nitrogen and oxygen atoms in total. The van der Waals surface area contributed by atoms with E-state index in [2.05, 4.69) is 0 Å². The Morgan fingerprint density at radius 1 is 1.62 bits per heavy atom. The van der Waals surface area contributed by atoms with Gasteiger partial charge in [0.25, 0.3) is 0 Å². The fourth-order valence-electron chi connectivity index (χ4n) is 1.91. The molecule has 0 spiro atoms. The van der Waals surface area contributed by atoms with Crippen molar-refractivity contribution in [1.82, 2.24) is 5.06 Å². The van der Waals surface area contributed by atoms with Gasteiger partial charge in [0.2, 0.25) is 0 Å². The molecule has 5 heteroatoms. The predicted molar refractivity (Wildman–Crippen MR) is 60.4 cm³/mol. The highest BCUT2D eigenvalue weighted by Crippen LogP contribution is 2.47. The van der Waals surface area contributed by atoms with Gasteiger partial charge in [0.15, 0.2) is 0 Å². The molecule has 3 N–H and O–H groups in total. The first-order chi connectivity index (χ1) is 7.58. The Bertz CT molecular complexity index is 411. The second kappa shape index (κ2) is 4.31. The molecular weight excluding hydrogens is 228 g/mol. The molecule has 2 atom stereocenters. The monoisotopic (exact) mass is 240 g/mol. The van der Waals surface area contributed by atoms with Crippen molar-refractivity contribution in [3.8, 4) is 0 Å². The van der Waals surface area contributed by atoms with Crippen molar-refractivity contribution in [2.24, 2.45) is 11.7 Å². The average Bonchev–Trinajstić information content (AvgIpc) is 2.97. The number of nitrogens with two attached hydrogens (primary N) is 1. The predicted octanol–water partition coefficient (Wildman–Crippen LogP) is 2.21. The van der Waals surface area contributed by atoms with Gasteiger partial charge in [-0.15, -0.1) is 0 Å². The summed E-state index contributed by atoms with van der Waals surface area (Å²) in [5.74, 6) is 0.642. The summed E-state index contributed by atoms with van der Waals surface area (Å²) in [5.41, 5.74) is 6.08. The largest absolute Gasteiger partial charge is 0.350 e. The molecule has 1 fully saturated rings. The number of carbonyl (C=O) groups excluding carboxylic acids is 1. The van der Waals surface area contributed by atoms with Crippen LogP contribution in [0.25, 0.3) is 0 Å². The van der Waals surface area contributed by atoms with E-state index in [4.69, 9.17) is 17.3 Å². The quantitative estimate of drug-likeness (QED) is 0.628. The third-order valence-electron chi connectivity index (χ3n) is 2.86. The first-order valence-electron chi connectivity index (χ1n) is 5.09. The highest BCUT2D eigenvalue weighted by atomic mass is 35.5. The molecule has 2 rings (SSSR count). The Morgan fingerprint density at radius 2 is 2.38 bits per heavy atom. The molecule has 0 saturated heterocycles. The second-order valence-corrected chi connectivity index (χ2v) is 4.51. The second-order valence-electron chi connectivity index (χ2n) is 4.08. The van der Waals surface area contributed by atoms with Crippen LogP contribution >= 0.6 is 11.6 Å². The summed E-state index contributed by atoms with van der Waals surface area (Å²) >= 11 is 5.89. The van der Waals surface area contributed by atoms with E-state index in [0.717, 1.165) is 12.0 Å². The Kier molecular flexibility index (Phi) is 3.03. The molecule has 0 bridgehead atoms. The zero-order chi connectivity index (χ0) is 11.7. The minimum atomic E-state index is -0.809. The number of halogens is 1. The summed E-state index contributed by atoms with van der Waals surface area (Å²) in [6, 6.07) is 6.83. The van der Waals surface area contributed by atoms with Crippen molar-refractivity contribution in [3.05, 3.63) is 34.9 Å².